The quantitative estimate of drug-likeness (QED) is 0.641. The van der Waals surface area contributed by atoms with E-state index in [0.29, 0.717) is 0 Å². The summed E-state index contributed by atoms with van der Waals surface area (Å²) in [7, 11) is 0. The van der Waals surface area contributed by atoms with E-state index in [1.165, 1.54) is 30.4 Å². The van der Waals surface area contributed by atoms with E-state index >= 15 is 0 Å². The second-order valence-corrected chi connectivity index (χ2v) is 4.85. The van der Waals surface area contributed by atoms with E-state index in [-0.39, 0.29) is 24.9 Å². The Kier molecular flexibility index (Phi) is 6.27. The van der Waals surface area contributed by atoms with Gasteiger partial charge in [0.1, 0.15) is 5.82 Å². The molecule has 4 nitrogen and oxygen atoms in total. The molecule has 0 saturated heterocycles. The van der Waals surface area contributed by atoms with Crippen molar-refractivity contribution in [2.45, 2.75) is 24.5 Å². The van der Waals surface area contributed by atoms with E-state index < -0.39 is 23.4 Å². The molecule has 1 atom stereocenters. The molecule has 1 unspecified atom stereocenters. The smallest absolute Gasteiger partial charge is 0.253 e. The third-order valence-electron chi connectivity index (χ3n) is 3.09. The highest BCUT2D eigenvalue weighted by molar-refractivity contribution is 5.82. The van der Waals surface area contributed by atoms with Crippen molar-refractivity contribution in [2.24, 2.45) is 0 Å². The number of aliphatic hydroxyl groups is 2. The maximum atomic E-state index is 13.5. The molecular weight excluding hydrogens is 273 g/mol. The van der Waals surface area contributed by atoms with Crippen LogP contribution < -0.4 is 5.32 Å². The topological polar surface area (TPSA) is 69.6 Å². The van der Waals surface area contributed by atoms with Crippen LogP contribution in [0, 0.1) is 5.82 Å². The van der Waals surface area contributed by atoms with Gasteiger partial charge in [0.05, 0.1) is 5.60 Å². The van der Waals surface area contributed by atoms with Crippen LogP contribution in [-0.4, -0.2) is 28.3 Å². The fourth-order valence-electron chi connectivity index (χ4n) is 1.95. The highest BCUT2D eigenvalue weighted by atomic mass is 19.1. The zero-order chi connectivity index (χ0) is 15.9. The van der Waals surface area contributed by atoms with Gasteiger partial charge in [-0.3, -0.25) is 4.79 Å². The average Bonchev–Trinajstić information content (AvgIpc) is 2.45. The molecule has 21 heavy (non-hydrogen) atoms. The van der Waals surface area contributed by atoms with E-state index in [0.717, 1.165) is 6.07 Å². The van der Waals surface area contributed by atoms with Gasteiger partial charge in [-0.15, -0.1) is 13.2 Å². The molecular formula is C16H20FNO3. The lowest BCUT2D eigenvalue weighted by atomic mass is 9.95. The van der Waals surface area contributed by atoms with Gasteiger partial charge in [-0.2, -0.15) is 0 Å². The Labute approximate surface area is 123 Å². The van der Waals surface area contributed by atoms with Crippen molar-refractivity contribution in [3.05, 3.63) is 61.0 Å². The number of hydrogen-bond donors (Lipinski definition) is 3. The Morgan fingerprint density at radius 2 is 1.90 bits per heavy atom. The van der Waals surface area contributed by atoms with Crippen molar-refractivity contribution in [3.63, 3.8) is 0 Å². The van der Waals surface area contributed by atoms with Crippen LogP contribution in [0.3, 0.4) is 0 Å². The highest BCUT2D eigenvalue weighted by Crippen LogP contribution is 2.18. The van der Waals surface area contributed by atoms with Gasteiger partial charge in [-0.25, -0.2) is 4.39 Å². The van der Waals surface area contributed by atoms with Gasteiger partial charge in [0.2, 0.25) is 0 Å². The van der Waals surface area contributed by atoms with Gasteiger partial charge in [-0.1, -0.05) is 30.4 Å². The molecule has 0 bridgehead atoms. The molecule has 3 N–H and O–H groups in total. The number of halogens is 1. The van der Waals surface area contributed by atoms with Crippen LogP contribution in [0.4, 0.5) is 4.39 Å². The van der Waals surface area contributed by atoms with Crippen LogP contribution in [0.15, 0.2) is 49.6 Å². The number of rotatable bonds is 8. The second kappa shape index (κ2) is 7.71. The Bertz CT molecular complexity index is 506. The average molecular weight is 293 g/mol. The van der Waals surface area contributed by atoms with Crippen LogP contribution in [-0.2, 0) is 4.79 Å². The van der Waals surface area contributed by atoms with Crippen LogP contribution >= 0.6 is 0 Å². The molecule has 0 aliphatic heterocycles. The fraction of sp³-hybridized carbons (Fsp3) is 0.312. The number of hydrogen-bond acceptors (Lipinski definition) is 3. The predicted octanol–water partition coefficient (Wildman–Crippen LogP) is 1.86. The largest absolute Gasteiger partial charge is 0.387 e. The van der Waals surface area contributed by atoms with Gasteiger partial charge >= 0.3 is 0 Å². The first kappa shape index (κ1) is 17.1. The van der Waals surface area contributed by atoms with Crippen molar-refractivity contribution in [2.75, 3.05) is 6.54 Å². The second-order valence-electron chi connectivity index (χ2n) is 4.85. The zero-order valence-corrected chi connectivity index (χ0v) is 11.8. The Hall–Kier alpha value is -1.98. The van der Waals surface area contributed by atoms with E-state index in [2.05, 4.69) is 18.5 Å². The fourth-order valence-corrected chi connectivity index (χ4v) is 1.95. The van der Waals surface area contributed by atoms with Crippen LogP contribution in [0.5, 0.6) is 0 Å². The van der Waals surface area contributed by atoms with Crippen molar-refractivity contribution >= 4 is 5.91 Å². The number of amides is 1. The maximum absolute atomic E-state index is 13.5. The molecule has 1 amide bonds. The molecule has 0 saturated carbocycles. The van der Waals surface area contributed by atoms with Crippen molar-refractivity contribution in [1.82, 2.24) is 5.32 Å². The summed E-state index contributed by atoms with van der Waals surface area (Å²) in [6, 6.07) is 5.49. The number of aliphatic hydroxyl groups excluding tert-OH is 1. The van der Waals surface area contributed by atoms with Crippen molar-refractivity contribution in [1.29, 1.82) is 0 Å². The van der Waals surface area contributed by atoms with Gasteiger partial charge < -0.3 is 15.5 Å². The van der Waals surface area contributed by atoms with Crippen LogP contribution in [0.25, 0.3) is 0 Å². The summed E-state index contributed by atoms with van der Waals surface area (Å²) in [4.78, 5) is 11.9. The Morgan fingerprint density at radius 1 is 1.33 bits per heavy atom. The Balaban J connectivity index is 2.70. The lowest BCUT2D eigenvalue weighted by molar-refractivity contribution is -0.131. The van der Waals surface area contributed by atoms with Gasteiger partial charge in [0.15, 0.2) is 6.10 Å². The zero-order valence-electron chi connectivity index (χ0n) is 11.8. The maximum Gasteiger partial charge on any atom is 0.253 e. The highest BCUT2D eigenvalue weighted by Gasteiger charge is 2.27. The standard InChI is InChI=1S/C16H20FNO3/c1-3-9-16(21,10-4-2)11-18-15(20)14(19)12-7-5-6-8-13(12)17/h3-8,14,19,21H,1-2,9-11H2,(H,18,20). The lowest BCUT2D eigenvalue weighted by Crippen LogP contribution is -2.44. The summed E-state index contributed by atoms with van der Waals surface area (Å²) >= 11 is 0. The number of nitrogens with one attached hydrogen (secondary N) is 1. The molecule has 114 valence electrons. The lowest BCUT2D eigenvalue weighted by Gasteiger charge is -2.26. The number of carbonyl (C=O) groups excluding carboxylic acids is 1. The van der Waals surface area contributed by atoms with E-state index in [4.69, 9.17) is 0 Å². The van der Waals surface area contributed by atoms with Gasteiger partial charge in [-0.05, 0) is 18.9 Å². The van der Waals surface area contributed by atoms with Crippen LogP contribution in [0.1, 0.15) is 24.5 Å². The van der Waals surface area contributed by atoms with E-state index in [1.54, 1.807) is 0 Å². The molecule has 0 spiro atoms. The molecule has 0 radical (unpaired) electrons. The van der Waals surface area contributed by atoms with Crippen molar-refractivity contribution in [3.8, 4) is 0 Å². The van der Waals surface area contributed by atoms with Crippen molar-refractivity contribution < 1.29 is 19.4 Å². The molecule has 1 aromatic rings. The van der Waals surface area contributed by atoms with Gasteiger partial charge in [0.25, 0.3) is 5.91 Å². The number of carbonyl (C=O) groups is 1. The van der Waals surface area contributed by atoms with Gasteiger partial charge in [0, 0.05) is 12.1 Å². The first-order valence-corrected chi connectivity index (χ1v) is 6.58. The summed E-state index contributed by atoms with van der Waals surface area (Å²) in [5, 5.41) is 22.5. The molecule has 1 aromatic carbocycles. The first-order chi connectivity index (χ1) is 9.93. The third-order valence-corrected chi connectivity index (χ3v) is 3.09. The normalized spacial score (nSPS) is 12.5. The Morgan fingerprint density at radius 3 is 2.43 bits per heavy atom. The summed E-state index contributed by atoms with van der Waals surface area (Å²) in [6.45, 7) is 7.00. The summed E-state index contributed by atoms with van der Waals surface area (Å²) in [6.07, 6.45) is 1.96. The van der Waals surface area contributed by atoms with E-state index in [1.807, 2.05) is 0 Å². The minimum atomic E-state index is -1.62. The monoisotopic (exact) mass is 293 g/mol. The molecule has 0 heterocycles. The van der Waals surface area contributed by atoms with E-state index in [9.17, 15) is 19.4 Å². The molecule has 0 aliphatic carbocycles. The minimum Gasteiger partial charge on any atom is -0.387 e. The summed E-state index contributed by atoms with van der Waals surface area (Å²) < 4.78 is 13.5. The van der Waals surface area contributed by atoms with Crippen LogP contribution in [0.2, 0.25) is 0 Å². The predicted molar refractivity (Wildman–Crippen MR) is 78.9 cm³/mol. The molecule has 0 fully saturated rings. The summed E-state index contributed by atoms with van der Waals surface area (Å²) in [5.74, 6) is -1.43. The molecule has 0 aliphatic rings. The summed E-state index contributed by atoms with van der Waals surface area (Å²) in [5.41, 5.74) is -1.32. The number of benzene rings is 1. The molecule has 1 rings (SSSR count). The molecule has 5 heteroatoms. The SMILES string of the molecule is C=CCC(O)(CC=C)CNC(=O)C(O)c1ccccc1F. The molecule has 0 aromatic heterocycles. The third kappa shape index (κ3) is 4.81. The minimum absolute atomic E-state index is 0.0879. The first-order valence-electron chi connectivity index (χ1n) is 6.58.